The van der Waals surface area contributed by atoms with Gasteiger partial charge in [0.15, 0.2) is 0 Å². The van der Waals surface area contributed by atoms with Gasteiger partial charge in [0, 0.05) is 13.1 Å². The van der Waals surface area contributed by atoms with Crippen LogP contribution in [0.5, 0.6) is 0 Å². The van der Waals surface area contributed by atoms with Crippen molar-refractivity contribution >= 4 is 10.2 Å². The van der Waals surface area contributed by atoms with Crippen LogP contribution >= 0.6 is 0 Å². The summed E-state index contributed by atoms with van der Waals surface area (Å²) in [6.45, 7) is 2.22. The lowest BCUT2D eigenvalue weighted by atomic mass is 10.2. The molecule has 0 amide bonds. The van der Waals surface area contributed by atoms with Crippen LogP contribution in [0, 0.1) is 0 Å². The fourth-order valence-corrected chi connectivity index (χ4v) is 1.28. The zero-order chi connectivity index (χ0) is 9.07. The fraction of sp³-hybridized carbons (Fsp3) is 1.00. The standard InChI is InChI=1S/C5H15N3O2S/c1-5(3-4-6)8(2)11(7,9)10/h5H,3-4,6H2,1-2H3,(H2,7,9,10). The molecule has 0 radical (unpaired) electrons. The van der Waals surface area contributed by atoms with E-state index in [-0.39, 0.29) is 6.04 Å². The topological polar surface area (TPSA) is 89.4 Å². The molecular weight excluding hydrogens is 166 g/mol. The largest absolute Gasteiger partial charge is 0.330 e. The Labute approximate surface area is 67.5 Å². The maximum atomic E-state index is 10.7. The average Bonchev–Trinajstić information content (AvgIpc) is 1.85. The first-order valence-electron chi connectivity index (χ1n) is 3.35. The molecule has 0 saturated heterocycles. The SMILES string of the molecule is CC(CCN)N(C)S(N)(=O)=O. The number of hydrogen-bond donors (Lipinski definition) is 2. The van der Waals surface area contributed by atoms with E-state index in [1.807, 2.05) is 0 Å². The number of hydrogen-bond acceptors (Lipinski definition) is 3. The van der Waals surface area contributed by atoms with Crippen molar-refractivity contribution in [3.63, 3.8) is 0 Å². The monoisotopic (exact) mass is 181 g/mol. The van der Waals surface area contributed by atoms with Crippen LogP contribution in [0.4, 0.5) is 0 Å². The van der Waals surface area contributed by atoms with E-state index in [9.17, 15) is 8.42 Å². The van der Waals surface area contributed by atoms with E-state index in [0.29, 0.717) is 13.0 Å². The fourth-order valence-electron chi connectivity index (χ4n) is 0.674. The van der Waals surface area contributed by atoms with Gasteiger partial charge in [-0.3, -0.25) is 0 Å². The van der Waals surface area contributed by atoms with Gasteiger partial charge in [-0.05, 0) is 19.9 Å². The highest BCUT2D eigenvalue weighted by atomic mass is 32.2. The Hall–Kier alpha value is -0.170. The van der Waals surface area contributed by atoms with Crippen LogP contribution in [0.1, 0.15) is 13.3 Å². The van der Waals surface area contributed by atoms with Gasteiger partial charge in [-0.25, -0.2) is 5.14 Å². The molecule has 0 aliphatic rings. The van der Waals surface area contributed by atoms with E-state index in [1.165, 1.54) is 7.05 Å². The molecule has 1 atom stereocenters. The van der Waals surface area contributed by atoms with Crippen molar-refractivity contribution in [3.8, 4) is 0 Å². The average molecular weight is 181 g/mol. The summed E-state index contributed by atoms with van der Waals surface area (Å²) in [6, 6.07) is -0.130. The Kier molecular flexibility index (Phi) is 3.95. The van der Waals surface area contributed by atoms with Crippen molar-refractivity contribution in [1.29, 1.82) is 0 Å². The Morgan fingerprint density at radius 2 is 2.00 bits per heavy atom. The van der Waals surface area contributed by atoms with Gasteiger partial charge in [0.2, 0.25) is 0 Å². The molecule has 5 nitrogen and oxygen atoms in total. The lowest BCUT2D eigenvalue weighted by Gasteiger charge is -2.20. The Morgan fingerprint density at radius 1 is 1.55 bits per heavy atom. The molecule has 0 aliphatic heterocycles. The van der Waals surface area contributed by atoms with Crippen LogP contribution in [0.3, 0.4) is 0 Å². The molecular formula is C5H15N3O2S. The van der Waals surface area contributed by atoms with Crippen LogP contribution < -0.4 is 10.9 Å². The molecule has 1 unspecified atom stereocenters. The van der Waals surface area contributed by atoms with Crippen molar-refractivity contribution in [1.82, 2.24) is 4.31 Å². The van der Waals surface area contributed by atoms with Crippen molar-refractivity contribution in [2.24, 2.45) is 10.9 Å². The second-order valence-electron chi connectivity index (χ2n) is 2.49. The van der Waals surface area contributed by atoms with Crippen LogP contribution in [0.15, 0.2) is 0 Å². The highest BCUT2D eigenvalue weighted by Gasteiger charge is 2.17. The minimum atomic E-state index is -3.55. The summed E-state index contributed by atoms with van der Waals surface area (Å²) in [7, 11) is -2.11. The summed E-state index contributed by atoms with van der Waals surface area (Å²) >= 11 is 0. The van der Waals surface area contributed by atoms with Crippen molar-refractivity contribution in [2.75, 3.05) is 13.6 Å². The molecule has 4 N–H and O–H groups in total. The van der Waals surface area contributed by atoms with Gasteiger partial charge in [0.1, 0.15) is 0 Å². The molecule has 6 heteroatoms. The Morgan fingerprint density at radius 3 is 2.27 bits per heavy atom. The predicted octanol–water partition coefficient (Wildman–Crippen LogP) is -1.14. The molecule has 0 aromatic carbocycles. The molecule has 11 heavy (non-hydrogen) atoms. The normalized spacial score (nSPS) is 15.4. The summed E-state index contributed by atoms with van der Waals surface area (Å²) in [4.78, 5) is 0. The van der Waals surface area contributed by atoms with Crippen LogP contribution in [-0.2, 0) is 10.2 Å². The minimum absolute atomic E-state index is 0.130. The molecule has 0 aliphatic carbocycles. The van der Waals surface area contributed by atoms with Gasteiger partial charge in [-0.15, -0.1) is 0 Å². The summed E-state index contributed by atoms with van der Waals surface area (Å²) in [5.41, 5.74) is 5.25. The Balaban J connectivity index is 4.14. The second kappa shape index (κ2) is 4.01. The molecule has 68 valence electrons. The smallest absolute Gasteiger partial charge is 0.276 e. The lowest BCUT2D eigenvalue weighted by Crippen LogP contribution is -2.40. The van der Waals surface area contributed by atoms with Gasteiger partial charge in [0.25, 0.3) is 10.2 Å². The number of nitrogens with zero attached hydrogens (tertiary/aromatic N) is 1. The molecule has 0 heterocycles. The molecule has 0 fully saturated rings. The quantitative estimate of drug-likeness (QED) is 0.574. The van der Waals surface area contributed by atoms with Crippen LogP contribution in [-0.4, -0.2) is 32.4 Å². The first kappa shape index (κ1) is 10.8. The molecule has 0 aromatic rings. The molecule has 0 aromatic heterocycles. The van der Waals surface area contributed by atoms with E-state index < -0.39 is 10.2 Å². The van der Waals surface area contributed by atoms with Crippen LogP contribution in [0.25, 0.3) is 0 Å². The van der Waals surface area contributed by atoms with E-state index in [1.54, 1.807) is 6.92 Å². The van der Waals surface area contributed by atoms with E-state index in [0.717, 1.165) is 4.31 Å². The third kappa shape index (κ3) is 3.66. The third-order valence-electron chi connectivity index (χ3n) is 1.61. The molecule has 0 rings (SSSR count). The zero-order valence-corrected chi connectivity index (χ0v) is 7.63. The maximum absolute atomic E-state index is 10.7. The first-order chi connectivity index (χ1) is 4.89. The lowest BCUT2D eigenvalue weighted by molar-refractivity contribution is 0.375. The van der Waals surface area contributed by atoms with Gasteiger partial charge in [0.05, 0.1) is 0 Å². The van der Waals surface area contributed by atoms with E-state index in [2.05, 4.69) is 0 Å². The van der Waals surface area contributed by atoms with Gasteiger partial charge < -0.3 is 5.73 Å². The minimum Gasteiger partial charge on any atom is -0.330 e. The third-order valence-corrected chi connectivity index (χ3v) is 2.77. The highest BCUT2D eigenvalue weighted by Crippen LogP contribution is 2.01. The zero-order valence-electron chi connectivity index (χ0n) is 6.82. The number of rotatable bonds is 4. The molecule has 0 saturated carbocycles. The van der Waals surface area contributed by atoms with Crippen molar-refractivity contribution in [3.05, 3.63) is 0 Å². The van der Waals surface area contributed by atoms with Crippen molar-refractivity contribution in [2.45, 2.75) is 19.4 Å². The second-order valence-corrected chi connectivity index (χ2v) is 4.09. The summed E-state index contributed by atoms with van der Waals surface area (Å²) in [5.74, 6) is 0. The van der Waals surface area contributed by atoms with E-state index in [4.69, 9.17) is 10.9 Å². The van der Waals surface area contributed by atoms with Gasteiger partial charge in [-0.2, -0.15) is 12.7 Å². The summed E-state index contributed by atoms with van der Waals surface area (Å²) < 4.78 is 22.5. The Bertz CT molecular complexity index is 202. The first-order valence-corrected chi connectivity index (χ1v) is 4.85. The van der Waals surface area contributed by atoms with E-state index >= 15 is 0 Å². The van der Waals surface area contributed by atoms with Crippen LogP contribution in [0.2, 0.25) is 0 Å². The maximum Gasteiger partial charge on any atom is 0.276 e. The molecule has 0 bridgehead atoms. The summed E-state index contributed by atoms with van der Waals surface area (Å²) in [6.07, 6.45) is 0.618. The van der Waals surface area contributed by atoms with Gasteiger partial charge >= 0.3 is 0 Å². The van der Waals surface area contributed by atoms with Crippen molar-refractivity contribution < 1.29 is 8.42 Å². The summed E-state index contributed by atoms with van der Waals surface area (Å²) in [5, 5.41) is 4.87. The number of nitrogens with two attached hydrogens (primary N) is 2. The predicted molar refractivity (Wildman–Crippen MR) is 44.0 cm³/mol. The highest BCUT2D eigenvalue weighted by molar-refractivity contribution is 7.86. The molecule has 0 spiro atoms. The van der Waals surface area contributed by atoms with Gasteiger partial charge in [-0.1, -0.05) is 0 Å².